The smallest absolute Gasteiger partial charge is 0.416 e. The van der Waals surface area contributed by atoms with Crippen LogP contribution in [0.5, 0.6) is 5.75 Å². The molecule has 2 aromatic rings. The van der Waals surface area contributed by atoms with Gasteiger partial charge in [0.1, 0.15) is 5.75 Å². The minimum Gasteiger partial charge on any atom is -0.496 e. The molecule has 8 heteroatoms. The average molecular weight is 473 g/mol. The molecule has 34 heavy (non-hydrogen) atoms. The molecule has 0 spiro atoms. The maximum atomic E-state index is 13.4. The number of hydrogen-bond acceptors (Lipinski definition) is 5. The van der Waals surface area contributed by atoms with E-state index in [0.29, 0.717) is 30.7 Å². The van der Waals surface area contributed by atoms with Gasteiger partial charge in [0.2, 0.25) is 0 Å². The molecule has 1 aliphatic carbocycles. The van der Waals surface area contributed by atoms with Crippen LogP contribution >= 0.6 is 0 Å². The molecule has 1 aliphatic heterocycles. The minimum atomic E-state index is -4.55. The number of alkyl halides is 3. The molecule has 5 nitrogen and oxygen atoms in total. The third kappa shape index (κ3) is 4.42. The molecule has 0 radical (unpaired) electrons. The topological polar surface area (TPSA) is 82.3 Å². The number of methoxy groups -OCH3 is 1. The first kappa shape index (κ1) is 24.2. The number of halogens is 3. The fourth-order valence-electron chi connectivity index (χ4n) is 5.87. The molecule has 5 atom stereocenters. The minimum absolute atomic E-state index is 0.0605. The number of aliphatic hydroxyl groups is 1. The van der Waals surface area contributed by atoms with Crippen LogP contribution in [0, 0.1) is 29.1 Å². The number of para-hydroxylation sites is 1. The number of ether oxygens (including phenoxy) is 1. The van der Waals surface area contributed by atoms with Crippen LogP contribution in [0.2, 0.25) is 0 Å². The van der Waals surface area contributed by atoms with Crippen molar-refractivity contribution in [2.45, 2.75) is 43.5 Å². The Morgan fingerprint density at radius 1 is 1.24 bits per heavy atom. The molecule has 2 fully saturated rings. The van der Waals surface area contributed by atoms with E-state index < -0.39 is 23.4 Å². The van der Waals surface area contributed by atoms with E-state index in [9.17, 15) is 28.3 Å². The van der Waals surface area contributed by atoms with Crippen LogP contribution < -0.4 is 10.1 Å². The highest BCUT2D eigenvalue weighted by Crippen LogP contribution is 2.53. The van der Waals surface area contributed by atoms with Gasteiger partial charge in [-0.15, -0.1) is 0 Å². The van der Waals surface area contributed by atoms with E-state index in [-0.39, 0.29) is 41.9 Å². The third-order valence-electron chi connectivity index (χ3n) is 7.31. The van der Waals surface area contributed by atoms with E-state index in [2.05, 4.69) is 11.4 Å². The molecule has 1 saturated heterocycles. The van der Waals surface area contributed by atoms with Crippen molar-refractivity contribution in [3.63, 3.8) is 0 Å². The van der Waals surface area contributed by atoms with Gasteiger partial charge in [0.05, 0.1) is 30.4 Å². The number of ketones is 1. The second-order valence-electron chi connectivity index (χ2n) is 9.25. The van der Waals surface area contributed by atoms with Crippen LogP contribution in [0.1, 0.15) is 36.0 Å². The van der Waals surface area contributed by atoms with Gasteiger partial charge in [-0.1, -0.05) is 36.4 Å². The molecular weight excluding hydrogens is 445 g/mol. The van der Waals surface area contributed by atoms with E-state index in [4.69, 9.17) is 4.74 Å². The number of hydrogen-bond donors (Lipinski definition) is 2. The van der Waals surface area contributed by atoms with E-state index >= 15 is 0 Å². The third-order valence-corrected chi connectivity index (χ3v) is 7.31. The molecule has 4 rings (SSSR count). The van der Waals surface area contributed by atoms with Crippen LogP contribution in [-0.4, -0.2) is 30.6 Å². The number of rotatable bonds is 6. The lowest BCUT2D eigenvalue weighted by Gasteiger charge is -2.46. The van der Waals surface area contributed by atoms with Crippen LogP contribution in [0.25, 0.3) is 0 Å². The van der Waals surface area contributed by atoms with Crippen molar-refractivity contribution in [3.8, 4) is 11.8 Å². The van der Waals surface area contributed by atoms with Gasteiger partial charge in [0, 0.05) is 30.9 Å². The van der Waals surface area contributed by atoms with Crippen molar-refractivity contribution in [3.05, 3.63) is 65.2 Å². The number of Topliss-reactive ketones (excluding diaryl/α,β-unsaturated/α-hetero) is 1. The lowest BCUT2D eigenvalue weighted by atomic mass is 9.61. The number of nitriles is 1. The summed E-state index contributed by atoms with van der Waals surface area (Å²) in [5, 5.41) is 24.5. The molecule has 1 unspecified atom stereocenters. The standard InChI is InChI=1S/C26H27F3N2O3/c1-34-23-9-5-4-8-20(23)25(33)14-16(10-11-30)12-18-21(25)15-31-24(18)22(32)13-17-6-2-3-7-19(17)26(27,28)29/h2-9,16,18,21,24,31,33H,10,12-15H2,1H3/t16-,18-,21-,24?,25-/m1/s1. The Hall–Kier alpha value is -2.89. The molecule has 2 aliphatic rings. The zero-order valence-corrected chi connectivity index (χ0v) is 18.8. The van der Waals surface area contributed by atoms with Gasteiger partial charge in [-0.3, -0.25) is 4.79 Å². The van der Waals surface area contributed by atoms with Gasteiger partial charge < -0.3 is 15.2 Å². The summed E-state index contributed by atoms with van der Waals surface area (Å²) in [6.07, 6.45) is -3.79. The van der Waals surface area contributed by atoms with Gasteiger partial charge >= 0.3 is 6.18 Å². The van der Waals surface area contributed by atoms with Gasteiger partial charge in [-0.25, -0.2) is 0 Å². The second kappa shape index (κ2) is 9.40. The molecule has 0 bridgehead atoms. The largest absolute Gasteiger partial charge is 0.496 e. The summed E-state index contributed by atoms with van der Waals surface area (Å²) in [4.78, 5) is 13.3. The van der Waals surface area contributed by atoms with Crippen LogP contribution in [-0.2, 0) is 23.0 Å². The van der Waals surface area contributed by atoms with E-state index in [1.54, 1.807) is 24.3 Å². The van der Waals surface area contributed by atoms with E-state index in [0.717, 1.165) is 6.07 Å². The van der Waals surface area contributed by atoms with Crippen molar-refractivity contribution in [1.82, 2.24) is 5.32 Å². The predicted molar refractivity (Wildman–Crippen MR) is 119 cm³/mol. The first-order valence-corrected chi connectivity index (χ1v) is 11.3. The van der Waals surface area contributed by atoms with Crippen LogP contribution in [0.3, 0.4) is 0 Å². The molecule has 2 N–H and O–H groups in total. The van der Waals surface area contributed by atoms with Gasteiger partial charge in [0.15, 0.2) is 5.78 Å². The maximum absolute atomic E-state index is 13.4. The molecule has 0 aromatic heterocycles. The van der Waals surface area contributed by atoms with Crippen molar-refractivity contribution in [2.75, 3.05) is 13.7 Å². The first-order chi connectivity index (χ1) is 16.2. The Bertz CT molecular complexity index is 1100. The average Bonchev–Trinajstić information content (AvgIpc) is 3.24. The van der Waals surface area contributed by atoms with Gasteiger partial charge in [0.25, 0.3) is 0 Å². The first-order valence-electron chi connectivity index (χ1n) is 11.3. The van der Waals surface area contributed by atoms with Crippen LogP contribution in [0.4, 0.5) is 13.2 Å². The summed E-state index contributed by atoms with van der Waals surface area (Å²) in [6, 6.07) is 13.7. The van der Waals surface area contributed by atoms with Crippen molar-refractivity contribution in [1.29, 1.82) is 5.26 Å². The van der Waals surface area contributed by atoms with Crippen molar-refractivity contribution >= 4 is 5.78 Å². The van der Waals surface area contributed by atoms with Crippen molar-refractivity contribution < 1.29 is 27.8 Å². The SMILES string of the molecule is COc1ccccc1[C@]1(O)C[C@H](CC#N)C[C@H]2C(C(=O)Cc3ccccc3C(F)(F)F)NC[C@H]21. The summed E-state index contributed by atoms with van der Waals surface area (Å²) in [5.41, 5.74) is -1.60. The lowest BCUT2D eigenvalue weighted by Crippen LogP contribution is -2.48. The Balaban J connectivity index is 1.65. The normalized spacial score (nSPS) is 28.7. The van der Waals surface area contributed by atoms with Gasteiger partial charge in [-0.2, -0.15) is 18.4 Å². The molecule has 2 aromatic carbocycles. The van der Waals surface area contributed by atoms with E-state index in [1.165, 1.54) is 25.3 Å². The Kier molecular flexibility index (Phi) is 6.70. The lowest BCUT2D eigenvalue weighted by molar-refractivity contribution is -0.138. The number of carbonyl (C=O) groups excluding carboxylic acids is 1. The van der Waals surface area contributed by atoms with Gasteiger partial charge in [-0.05, 0) is 42.4 Å². The summed E-state index contributed by atoms with van der Waals surface area (Å²) in [7, 11) is 1.52. The zero-order valence-electron chi connectivity index (χ0n) is 18.8. The fourth-order valence-corrected chi connectivity index (χ4v) is 5.87. The molecule has 180 valence electrons. The monoisotopic (exact) mass is 472 g/mol. The van der Waals surface area contributed by atoms with Crippen molar-refractivity contribution in [2.24, 2.45) is 17.8 Å². The number of nitrogens with zero attached hydrogens (tertiary/aromatic N) is 1. The number of fused-ring (bicyclic) bond motifs is 1. The molecule has 0 amide bonds. The summed E-state index contributed by atoms with van der Waals surface area (Å²) in [5.74, 6) is -0.628. The Morgan fingerprint density at radius 2 is 1.94 bits per heavy atom. The number of benzene rings is 2. The molecule has 1 heterocycles. The zero-order chi connectivity index (χ0) is 24.5. The summed E-state index contributed by atoms with van der Waals surface area (Å²) < 4.78 is 45.8. The highest BCUT2D eigenvalue weighted by atomic mass is 19.4. The highest BCUT2D eigenvalue weighted by Gasteiger charge is 2.55. The highest BCUT2D eigenvalue weighted by molar-refractivity contribution is 5.87. The maximum Gasteiger partial charge on any atom is 0.416 e. The quantitative estimate of drug-likeness (QED) is 0.657. The molecule has 1 saturated carbocycles. The molecular formula is C26H27F3N2O3. The Morgan fingerprint density at radius 3 is 2.65 bits per heavy atom. The number of nitrogens with one attached hydrogen (secondary N) is 1. The number of carbonyl (C=O) groups is 1. The second-order valence-corrected chi connectivity index (χ2v) is 9.25. The summed E-state index contributed by atoms with van der Waals surface area (Å²) >= 11 is 0. The van der Waals surface area contributed by atoms with E-state index in [1.807, 2.05) is 0 Å². The summed E-state index contributed by atoms with van der Waals surface area (Å²) in [6.45, 7) is 0.343. The predicted octanol–water partition coefficient (Wildman–Crippen LogP) is 4.24. The fraction of sp³-hybridized carbons (Fsp3) is 0.462. The Labute approximate surface area is 196 Å². The van der Waals surface area contributed by atoms with Crippen LogP contribution in [0.15, 0.2) is 48.5 Å².